The first-order chi connectivity index (χ1) is 14.2. The summed E-state index contributed by atoms with van der Waals surface area (Å²) in [6, 6.07) is 11.1. The van der Waals surface area contributed by atoms with Crippen LogP contribution in [0.5, 0.6) is 5.75 Å². The zero-order valence-corrected chi connectivity index (χ0v) is 18.4. The molecule has 2 aromatic carbocycles. The van der Waals surface area contributed by atoms with Gasteiger partial charge in [-0.15, -0.1) is 0 Å². The van der Waals surface area contributed by atoms with Crippen LogP contribution in [0.4, 0.5) is 11.4 Å². The minimum absolute atomic E-state index is 0.0470. The first-order valence-corrected chi connectivity index (χ1v) is 11.2. The van der Waals surface area contributed by atoms with E-state index < -0.39 is 16.0 Å². The number of sulfonamides is 1. The molecule has 0 aliphatic rings. The molecule has 0 aliphatic carbocycles. The number of benzene rings is 2. The number of ether oxygens (including phenoxy) is 2. The monoisotopic (exact) mass is 454 g/mol. The second kappa shape index (κ2) is 10.3. The Morgan fingerprint density at radius 3 is 2.43 bits per heavy atom. The van der Waals surface area contributed by atoms with Crippen molar-refractivity contribution in [2.75, 3.05) is 36.6 Å². The summed E-state index contributed by atoms with van der Waals surface area (Å²) in [5.74, 6) is -0.490. The van der Waals surface area contributed by atoms with Gasteiger partial charge in [0.1, 0.15) is 5.75 Å². The fourth-order valence-electron chi connectivity index (χ4n) is 2.77. The lowest BCUT2D eigenvalue weighted by molar-refractivity contribution is -0.116. The average molecular weight is 455 g/mol. The van der Waals surface area contributed by atoms with Crippen molar-refractivity contribution in [1.29, 1.82) is 0 Å². The molecular formula is C20H23ClN2O6S. The lowest BCUT2D eigenvalue weighted by Crippen LogP contribution is -2.31. The molecule has 0 unspecified atom stereocenters. The van der Waals surface area contributed by atoms with Crippen LogP contribution >= 0.6 is 11.6 Å². The van der Waals surface area contributed by atoms with Crippen LogP contribution in [0.1, 0.15) is 23.2 Å². The number of amides is 1. The summed E-state index contributed by atoms with van der Waals surface area (Å²) >= 11 is 6.10. The molecule has 30 heavy (non-hydrogen) atoms. The van der Waals surface area contributed by atoms with Gasteiger partial charge in [-0.2, -0.15) is 0 Å². The number of esters is 1. The molecule has 8 nitrogen and oxygen atoms in total. The van der Waals surface area contributed by atoms with Gasteiger partial charge in [-0.25, -0.2) is 13.2 Å². The molecule has 162 valence electrons. The van der Waals surface area contributed by atoms with Crippen molar-refractivity contribution in [3.8, 4) is 5.75 Å². The van der Waals surface area contributed by atoms with Crippen LogP contribution < -0.4 is 14.4 Å². The number of carbonyl (C=O) groups excluding carboxylic acids is 2. The first-order valence-electron chi connectivity index (χ1n) is 8.95. The van der Waals surface area contributed by atoms with Crippen LogP contribution in [0, 0.1) is 0 Å². The zero-order chi connectivity index (χ0) is 22.3. The summed E-state index contributed by atoms with van der Waals surface area (Å²) in [5, 5.41) is 2.94. The molecule has 1 amide bonds. The van der Waals surface area contributed by atoms with Crippen molar-refractivity contribution in [1.82, 2.24) is 0 Å². The van der Waals surface area contributed by atoms with E-state index in [1.807, 2.05) is 0 Å². The van der Waals surface area contributed by atoms with Gasteiger partial charge in [-0.1, -0.05) is 23.7 Å². The lowest BCUT2D eigenvalue weighted by atomic mass is 10.1. The van der Waals surface area contributed by atoms with Gasteiger partial charge < -0.3 is 14.8 Å². The van der Waals surface area contributed by atoms with Gasteiger partial charge in [0.25, 0.3) is 0 Å². The van der Waals surface area contributed by atoms with Gasteiger partial charge in [0.05, 0.1) is 42.4 Å². The predicted molar refractivity (Wildman–Crippen MR) is 116 cm³/mol. The molecule has 0 atom stereocenters. The van der Waals surface area contributed by atoms with Crippen LogP contribution in [0.25, 0.3) is 0 Å². The predicted octanol–water partition coefficient (Wildman–Crippen LogP) is 3.32. The van der Waals surface area contributed by atoms with Crippen LogP contribution in [-0.4, -0.2) is 47.3 Å². The summed E-state index contributed by atoms with van der Waals surface area (Å²) in [7, 11) is -0.871. The molecule has 0 fully saturated rings. The normalized spacial score (nSPS) is 10.9. The van der Waals surface area contributed by atoms with E-state index >= 15 is 0 Å². The Morgan fingerprint density at radius 1 is 1.13 bits per heavy atom. The third kappa shape index (κ3) is 6.11. The molecular weight excluding hydrogens is 432 g/mol. The number of rotatable bonds is 9. The second-order valence-electron chi connectivity index (χ2n) is 6.34. The van der Waals surface area contributed by atoms with Gasteiger partial charge in [0, 0.05) is 13.0 Å². The maximum absolute atomic E-state index is 12.3. The Morgan fingerprint density at radius 2 is 1.83 bits per heavy atom. The highest BCUT2D eigenvalue weighted by molar-refractivity contribution is 7.92. The van der Waals surface area contributed by atoms with Crippen molar-refractivity contribution < 1.29 is 27.5 Å². The second-order valence-corrected chi connectivity index (χ2v) is 8.66. The lowest BCUT2D eigenvalue weighted by Gasteiger charge is -2.23. The minimum atomic E-state index is -3.59. The van der Waals surface area contributed by atoms with Crippen molar-refractivity contribution in [3.63, 3.8) is 0 Å². The number of nitrogens with one attached hydrogen (secondary N) is 1. The summed E-state index contributed by atoms with van der Waals surface area (Å²) in [6.45, 7) is 0.0769. The molecule has 0 aliphatic heterocycles. The van der Waals surface area contributed by atoms with Crippen molar-refractivity contribution in [2.45, 2.75) is 12.8 Å². The highest BCUT2D eigenvalue weighted by Gasteiger charge is 2.19. The Balaban J connectivity index is 2.05. The number of para-hydroxylation sites is 1. The smallest absolute Gasteiger partial charge is 0.339 e. The van der Waals surface area contributed by atoms with Crippen LogP contribution in [0.2, 0.25) is 5.02 Å². The van der Waals surface area contributed by atoms with E-state index in [4.69, 9.17) is 21.1 Å². The average Bonchev–Trinajstić information content (AvgIpc) is 2.70. The Labute approximate surface area is 180 Å². The van der Waals surface area contributed by atoms with Crippen molar-refractivity contribution in [2.24, 2.45) is 0 Å². The Bertz CT molecular complexity index is 1030. The van der Waals surface area contributed by atoms with Crippen LogP contribution in [0.3, 0.4) is 0 Å². The maximum atomic E-state index is 12.3. The molecule has 0 heterocycles. The van der Waals surface area contributed by atoms with E-state index in [2.05, 4.69) is 5.32 Å². The zero-order valence-electron chi connectivity index (χ0n) is 16.8. The Kier molecular flexibility index (Phi) is 8.08. The quantitative estimate of drug-likeness (QED) is 0.583. The van der Waals surface area contributed by atoms with Gasteiger partial charge in [-0.05, 0) is 36.8 Å². The van der Waals surface area contributed by atoms with E-state index in [0.717, 1.165) is 6.26 Å². The Hall–Kier alpha value is -2.78. The molecule has 0 saturated carbocycles. The van der Waals surface area contributed by atoms with E-state index in [1.165, 1.54) is 24.6 Å². The molecule has 0 saturated heterocycles. The molecule has 0 aromatic heterocycles. The summed E-state index contributed by atoms with van der Waals surface area (Å²) < 4.78 is 35.4. The number of hydrogen-bond donors (Lipinski definition) is 1. The fourth-order valence-corrected chi connectivity index (χ4v) is 3.98. The van der Waals surface area contributed by atoms with E-state index in [9.17, 15) is 18.0 Å². The maximum Gasteiger partial charge on any atom is 0.339 e. The highest BCUT2D eigenvalue weighted by atomic mass is 35.5. The molecule has 0 spiro atoms. The van der Waals surface area contributed by atoms with E-state index in [1.54, 1.807) is 36.4 Å². The molecule has 10 heteroatoms. The van der Waals surface area contributed by atoms with Crippen LogP contribution in [-0.2, 0) is 19.6 Å². The number of anilines is 2. The topological polar surface area (TPSA) is 102 Å². The van der Waals surface area contributed by atoms with Gasteiger partial charge in [0.2, 0.25) is 15.9 Å². The number of methoxy groups -OCH3 is 2. The van der Waals surface area contributed by atoms with E-state index in [0.29, 0.717) is 17.1 Å². The number of nitrogens with zero attached hydrogens (tertiary/aromatic N) is 1. The van der Waals surface area contributed by atoms with Crippen molar-refractivity contribution >= 4 is 44.9 Å². The largest absolute Gasteiger partial charge is 0.495 e. The highest BCUT2D eigenvalue weighted by Crippen LogP contribution is 2.30. The standard InChI is InChI=1S/C20H23ClN2O6S/c1-28-18-11-10-14(13-16(18)21)23(30(3,26)27)12-6-9-19(24)22-17-8-5-4-7-15(17)20(25)29-2/h4-5,7-8,10-11,13H,6,9,12H2,1-3H3,(H,22,24). The number of halogens is 1. The van der Waals surface area contributed by atoms with Gasteiger partial charge in [0.15, 0.2) is 0 Å². The molecule has 1 N–H and O–H groups in total. The first kappa shape index (κ1) is 23.5. The third-order valence-corrected chi connectivity index (χ3v) is 5.68. The fraction of sp³-hybridized carbons (Fsp3) is 0.300. The van der Waals surface area contributed by atoms with Crippen molar-refractivity contribution in [3.05, 3.63) is 53.1 Å². The molecule has 0 bridgehead atoms. The minimum Gasteiger partial charge on any atom is -0.495 e. The SMILES string of the molecule is COC(=O)c1ccccc1NC(=O)CCCN(c1ccc(OC)c(Cl)c1)S(C)(=O)=O. The molecule has 2 rings (SSSR count). The summed E-state index contributed by atoms with van der Waals surface area (Å²) in [4.78, 5) is 24.1. The van der Waals surface area contributed by atoms with Gasteiger partial charge in [-0.3, -0.25) is 9.10 Å². The number of hydrogen-bond acceptors (Lipinski definition) is 6. The van der Waals surface area contributed by atoms with Gasteiger partial charge >= 0.3 is 5.97 Å². The molecule has 0 radical (unpaired) electrons. The molecule has 2 aromatic rings. The summed E-state index contributed by atoms with van der Waals surface area (Å²) in [5.41, 5.74) is 0.940. The summed E-state index contributed by atoms with van der Waals surface area (Å²) in [6.07, 6.45) is 1.38. The van der Waals surface area contributed by atoms with E-state index in [-0.39, 0.29) is 35.9 Å². The number of carbonyl (C=O) groups is 2. The van der Waals surface area contributed by atoms with Crippen LogP contribution in [0.15, 0.2) is 42.5 Å². The third-order valence-electron chi connectivity index (χ3n) is 4.20.